The summed E-state index contributed by atoms with van der Waals surface area (Å²) < 4.78 is 46.6. The number of nitrogens with zero attached hydrogens (tertiary/aromatic N) is 3. The quantitative estimate of drug-likeness (QED) is 0.0191. The van der Waals surface area contributed by atoms with Gasteiger partial charge in [0.25, 0.3) is 17.7 Å². The number of rotatable bonds is 20. The average molecular weight is 843 g/mol. The molecule has 0 saturated heterocycles. The number of hydrogen-bond acceptors (Lipinski definition) is 12. The molecule has 2 heterocycles. The van der Waals surface area contributed by atoms with E-state index in [1.54, 1.807) is 65.5 Å². The van der Waals surface area contributed by atoms with Crippen LogP contribution in [0.15, 0.2) is 94.3 Å². The maximum absolute atomic E-state index is 13.2. The van der Waals surface area contributed by atoms with E-state index >= 15 is 0 Å². The predicted molar refractivity (Wildman–Crippen MR) is 227 cm³/mol. The number of ketones is 1. The van der Waals surface area contributed by atoms with Crippen LogP contribution >= 0.6 is 12.2 Å². The lowest BCUT2D eigenvalue weighted by molar-refractivity contribution is -0.124. The Hall–Kier alpha value is -6.05. The topological polar surface area (TPSA) is 216 Å². The van der Waals surface area contributed by atoms with Crippen molar-refractivity contribution in [2.45, 2.75) is 32.7 Å². The van der Waals surface area contributed by atoms with E-state index in [1.165, 1.54) is 24.3 Å². The third-order valence-electron chi connectivity index (χ3n) is 9.12. The molecular formula is C41H42N6O10S2. The molecule has 0 spiro atoms. The molecule has 1 aliphatic carbocycles. The first-order valence-corrected chi connectivity index (χ1v) is 20.1. The first-order chi connectivity index (χ1) is 28.5. The van der Waals surface area contributed by atoms with E-state index in [0.29, 0.717) is 108 Å². The number of carbonyl (C=O) groups is 2. The Kier molecular flexibility index (Phi) is 14.5. The molecule has 1 aliphatic heterocycles. The highest BCUT2D eigenvalue weighted by atomic mass is 32.2. The van der Waals surface area contributed by atoms with Crippen LogP contribution in [0.4, 0.5) is 11.4 Å². The van der Waals surface area contributed by atoms with Crippen molar-refractivity contribution >= 4 is 63.2 Å². The van der Waals surface area contributed by atoms with E-state index in [1.807, 2.05) is 13.8 Å². The molecule has 0 fully saturated rings. The Morgan fingerprint density at radius 3 is 2.46 bits per heavy atom. The van der Waals surface area contributed by atoms with Gasteiger partial charge in [0, 0.05) is 76.8 Å². The number of phenolic OH excluding ortho intramolecular Hbond substituents is 1. The van der Waals surface area contributed by atoms with E-state index in [0.717, 1.165) is 5.56 Å². The van der Waals surface area contributed by atoms with Crippen molar-refractivity contribution < 1.29 is 42.1 Å². The lowest BCUT2D eigenvalue weighted by atomic mass is 9.93. The number of hydrogen-bond donors (Lipinski definition) is 5. The fraction of sp³-hybridized carbons (Fsp3) is 0.268. The maximum atomic E-state index is 13.2. The van der Waals surface area contributed by atoms with Gasteiger partial charge in [-0.25, -0.2) is 8.89 Å². The van der Waals surface area contributed by atoms with E-state index in [-0.39, 0.29) is 28.6 Å². The van der Waals surface area contributed by atoms with Crippen LogP contribution in [0.5, 0.6) is 11.5 Å². The van der Waals surface area contributed by atoms with Gasteiger partial charge in [-0.2, -0.15) is 0 Å². The number of carbonyl (C=O) groups excluding carboxylic acids is 2. The van der Waals surface area contributed by atoms with Crippen LogP contribution in [0.2, 0.25) is 0 Å². The smallest absolute Gasteiger partial charge is 0.298 e. The molecule has 1 aromatic heterocycles. The summed E-state index contributed by atoms with van der Waals surface area (Å²) in [5.74, 6) is 0.546. The van der Waals surface area contributed by atoms with Gasteiger partial charge in [0.2, 0.25) is 0 Å². The Morgan fingerprint density at radius 2 is 1.71 bits per heavy atom. The van der Waals surface area contributed by atoms with E-state index < -0.39 is 17.3 Å². The highest BCUT2D eigenvalue weighted by molar-refractivity contribution is 7.80. The number of nitrogens with one attached hydrogen (secondary N) is 3. The fourth-order valence-electron chi connectivity index (χ4n) is 6.52. The molecule has 2 atom stereocenters. The second-order valence-corrected chi connectivity index (χ2v) is 14.7. The number of anilines is 2. The van der Waals surface area contributed by atoms with Gasteiger partial charge in [-0.1, -0.05) is 31.2 Å². The molecule has 0 bridgehead atoms. The molecule has 6 rings (SSSR count). The highest BCUT2D eigenvalue weighted by Gasteiger charge is 2.25. The van der Waals surface area contributed by atoms with Gasteiger partial charge in [0.1, 0.15) is 34.6 Å². The molecule has 0 radical (unpaired) electrons. The number of ether oxygens (including phenoxy) is 3. The summed E-state index contributed by atoms with van der Waals surface area (Å²) in [5.41, 5.74) is 4.30. The molecule has 16 nitrogen and oxygen atoms in total. The van der Waals surface area contributed by atoms with Gasteiger partial charge in [-0.15, -0.1) is 5.10 Å². The fourth-order valence-corrected chi connectivity index (χ4v) is 7.07. The number of phenols is 1. The van der Waals surface area contributed by atoms with Crippen molar-refractivity contribution in [3.8, 4) is 45.2 Å². The summed E-state index contributed by atoms with van der Waals surface area (Å²) in [4.78, 5) is 36.9. The molecule has 308 valence electrons. The van der Waals surface area contributed by atoms with Crippen LogP contribution in [0.25, 0.3) is 44.7 Å². The van der Waals surface area contributed by atoms with Crippen molar-refractivity contribution in [1.82, 2.24) is 20.3 Å². The van der Waals surface area contributed by atoms with Gasteiger partial charge in [-0.05, 0) is 73.1 Å². The Balaban J connectivity index is 0.919. The first-order valence-electron chi connectivity index (χ1n) is 18.6. The second kappa shape index (κ2) is 20.1. The van der Waals surface area contributed by atoms with E-state index in [4.69, 9.17) is 35.4 Å². The molecule has 0 saturated carbocycles. The number of thiocarbonyl (C=S) groups is 1. The lowest BCUT2D eigenvalue weighted by Gasteiger charge is -2.19. The van der Waals surface area contributed by atoms with Crippen molar-refractivity contribution in [2.75, 3.05) is 43.0 Å². The Labute approximate surface area is 346 Å². The molecule has 4 aromatic rings. The van der Waals surface area contributed by atoms with Crippen LogP contribution in [0, 0.1) is 5.92 Å². The SMILES string of the molecule is CC(C)[C@@H](C(=O)CCCOCCOCCNC(=S)Nc1ccc(-c2c3ccc(=O)cc-3oc3cc(O)ccc23)c(OC=O)c1)n1cc(-c2ccc(NS(=O)O)cc2)nn1. The molecule has 59 heavy (non-hydrogen) atoms. The first kappa shape index (κ1) is 42.6. The van der Waals surface area contributed by atoms with Crippen molar-refractivity contribution in [3.05, 3.63) is 95.3 Å². The summed E-state index contributed by atoms with van der Waals surface area (Å²) in [6.45, 7) is 6.08. The summed E-state index contributed by atoms with van der Waals surface area (Å²) in [6.07, 6.45) is 2.57. The highest BCUT2D eigenvalue weighted by Crippen LogP contribution is 2.44. The van der Waals surface area contributed by atoms with Crippen LogP contribution in [0.1, 0.15) is 32.7 Å². The van der Waals surface area contributed by atoms with Gasteiger partial charge in [-0.3, -0.25) is 23.7 Å². The largest absolute Gasteiger partial charge is 0.508 e. The third-order valence-corrected chi connectivity index (χ3v) is 9.78. The molecule has 3 aromatic carbocycles. The maximum Gasteiger partial charge on any atom is 0.298 e. The molecule has 2 aliphatic rings. The zero-order valence-electron chi connectivity index (χ0n) is 32.1. The van der Waals surface area contributed by atoms with Gasteiger partial charge in [0.05, 0.1) is 26.0 Å². The zero-order chi connectivity index (χ0) is 41.9. The summed E-state index contributed by atoms with van der Waals surface area (Å²) in [7, 11) is 0. The van der Waals surface area contributed by atoms with Crippen LogP contribution in [-0.2, 0) is 30.3 Å². The normalized spacial score (nSPS) is 12.3. The van der Waals surface area contributed by atoms with Crippen LogP contribution in [-0.4, -0.2) is 79.2 Å². The number of fused-ring (bicyclic) bond motifs is 2. The standard InChI is InChI=1S/C41H42N6O10S2/c1-25(2)40(47-23-34(44-46-47)26-5-7-27(8-6-26)45-59(52)53)35(51)4-3-16-54-18-19-55-17-15-42-41(58)43-28-9-12-31(36(20-28)56-24-48)39-32-13-10-29(49)21-37(32)57-38-22-30(50)11-14-33(38)39/h5-14,20-25,40,45,49H,3-4,15-19H2,1-2H3,(H,52,53)(H2,42,43,58)/t40-/m0/s1. The van der Waals surface area contributed by atoms with E-state index in [2.05, 4.69) is 25.7 Å². The van der Waals surface area contributed by atoms with Crippen LogP contribution < -0.4 is 25.5 Å². The monoisotopic (exact) mass is 842 g/mol. The lowest BCUT2D eigenvalue weighted by Crippen LogP contribution is -2.31. The van der Waals surface area contributed by atoms with Gasteiger partial charge < -0.3 is 34.4 Å². The minimum Gasteiger partial charge on any atom is -0.508 e. The van der Waals surface area contributed by atoms with Crippen molar-refractivity contribution in [2.24, 2.45) is 5.92 Å². The summed E-state index contributed by atoms with van der Waals surface area (Å²) in [5, 5.41) is 25.6. The van der Waals surface area contributed by atoms with Crippen LogP contribution in [0.3, 0.4) is 0 Å². The van der Waals surface area contributed by atoms with Gasteiger partial charge in [0.15, 0.2) is 16.3 Å². The minimum atomic E-state index is -2.17. The Bertz CT molecular complexity index is 2470. The van der Waals surface area contributed by atoms with Crippen molar-refractivity contribution in [1.29, 1.82) is 0 Å². The van der Waals surface area contributed by atoms with E-state index in [9.17, 15) is 23.7 Å². The molecule has 0 amide bonds. The second-order valence-electron chi connectivity index (χ2n) is 13.6. The third kappa shape index (κ3) is 11.1. The number of aromatic nitrogens is 3. The van der Waals surface area contributed by atoms with Crippen molar-refractivity contribution in [3.63, 3.8) is 0 Å². The predicted octanol–water partition coefficient (Wildman–Crippen LogP) is 6.18. The Morgan fingerprint density at radius 1 is 0.966 bits per heavy atom. The van der Waals surface area contributed by atoms with Gasteiger partial charge >= 0.3 is 0 Å². The molecular weight excluding hydrogens is 801 g/mol. The summed E-state index contributed by atoms with van der Waals surface area (Å²) in [6, 6.07) is 20.6. The summed E-state index contributed by atoms with van der Waals surface area (Å²) >= 11 is 3.29. The molecule has 1 unspecified atom stereocenters. The molecule has 18 heteroatoms. The number of benzene rings is 4. The number of Topliss-reactive ketones (excluding diaryl/α,β-unsaturated/α-hetero) is 1. The average Bonchev–Trinajstić information content (AvgIpc) is 3.67. The minimum absolute atomic E-state index is 0.00648. The number of aromatic hydroxyl groups is 1. The molecule has 5 N–H and O–H groups in total. The zero-order valence-corrected chi connectivity index (χ0v) is 33.7.